The molecule has 0 aliphatic heterocycles. The largest absolute Gasteiger partial charge is 0.264 e. The van der Waals surface area contributed by atoms with Gasteiger partial charge >= 0.3 is 0 Å². The highest BCUT2D eigenvalue weighted by Crippen LogP contribution is 2.15. The summed E-state index contributed by atoms with van der Waals surface area (Å²) in [6.07, 6.45) is 13.4. The summed E-state index contributed by atoms with van der Waals surface area (Å²) in [6.45, 7) is 8.75. The lowest BCUT2D eigenvalue weighted by atomic mass is 10.1. The van der Waals surface area contributed by atoms with Gasteiger partial charge < -0.3 is 0 Å². The molecule has 4 heteroatoms. The Bertz CT molecular complexity index is 480. The average Bonchev–Trinajstić information content (AvgIpc) is 2.91. The predicted octanol–water partition coefficient (Wildman–Crippen LogP) is 5.32. The number of aromatic nitrogens is 3. The fourth-order valence-corrected chi connectivity index (χ4v) is 2.64. The van der Waals surface area contributed by atoms with Crippen molar-refractivity contribution >= 4 is 11.8 Å². The van der Waals surface area contributed by atoms with E-state index in [9.17, 15) is 0 Å². The molecular formula is C17H27N3S. The Morgan fingerprint density at radius 2 is 1.71 bits per heavy atom. The first-order valence-electron chi connectivity index (χ1n) is 7.52. The number of rotatable bonds is 9. The van der Waals surface area contributed by atoms with Gasteiger partial charge in [0.05, 0.1) is 6.20 Å². The fraction of sp³-hybridized carbons (Fsp3) is 0.529. The smallest absolute Gasteiger partial charge is 0.138 e. The molecule has 21 heavy (non-hydrogen) atoms. The third kappa shape index (κ3) is 9.29. The minimum Gasteiger partial charge on any atom is -0.264 e. The highest BCUT2D eigenvalue weighted by Gasteiger charge is 1.95. The van der Waals surface area contributed by atoms with Crippen LogP contribution in [0, 0.1) is 0 Å². The van der Waals surface area contributed by atoms with E-state index in [1.807, 2.05) is 6.20 Å². The summed E-state index contributed by atoms with van der Waals surface area (Å²) in [5.41, 5.74) is 4.35. The summed E-state index contributed by atoms with van der Waals surface area (Å²) in [6, 6.07) is 0. The van der Waals surface area contributed by atoms with Crippen molar-refractivity contribution in [2.45, 2.75) is 58.4 Å². The second kappa shape index (κ2) is 10.4. The van der Waals surface area contributed by atoms with Crippen LogP contribution in [-0.2, 0) is 0 Å². The van der Waals surface area contributed by atoms with Crippen LogP contribution < -0.4 is 0 Å². The zero-order valence-corrected chi connectivity index (χ0v) is 14.5. The lowest BCUT2D eigenvalue weighted by molar-refractivity contribution is 0.911. The first-order valence-corrected chi connectivity index (χ1v) is 8.50. The van der Waals surface area contributed by atoms with Crippen LogP contribution in [0.5, 0.6) is 0 Å². The van der Waals surface area contributed by atoms with Crippen molar-refractivity contribution in [2.24, 2.45) is 0 Å². The van der Waals surface area contributed by atoms with Crippen LogP contribution in [0.3, 0.4) is 0 Å². The van der Waals surface area contributed by atoms with E-state index in [0.29, 0.717) is 0 Å². The highest BCUT2D eigenvalue weighted by atomic mass is 32.2. The minimum absolute atomic E-state index is 0.953. The van der Waals surface area contributed by atoms with Crippen molar-refractivity contribution in [3.8, 4) is 0 Å². The van der Waals surface area contributed by atoms with Gasteiger partial charge in [-0.1, -0.05) is 51.9 Å². The Kier molecular flexibility index (Phi) is 8.83. The number of nitrogens with zero attached hydrogens (tertiary/aromatic N) is 2. The molecule has 0 bridgehead atoms. The van der Waals surface area contributed by atoms with Crippen LogP contribution in [0.25, 0.3) is 0 Å². The van der Waals surface area contributed by atoms with E-state index in [4.69, 9.17) is 0 Å². The van der Waals surface area contributed by atoms with Crippen LogP contribution in [0.4, 0.5) is 0 Å². The molecule has 0 atom stereocenters. The molecule has 0 saturated heterocycles. The standard InChI is InChI=1S/C17H27N3S/c1-14(2)7-5-8-15(3)9-6-10-16(4)11-12-21-17-13-18-20-19-17/h7,9,11,13H,5-6,8,10,12H2,1-4H3,(H,18,19,20). The number of hydrogen-bond acceptors (Lipinski definition) is 3. The van der Waals surface area contributed by atoms with Crippen LogP contribution in [-0.4, -0.2) is 21.2 Å². The zero-order valence-electron chi connectivity index (χ0n) is 13.6. The fourth-order valence-electron chi connectivity index (χ4n) is 1.87. The van der Waals surface area contributed by atoms with E-state index in [-0.39, 0.29) is 0 Å². The topological polar surface area (TPSA) is 41.6 Å². The van der Waals surface area contributed by atoms with Crippen molar-refractivity contribution in [3.05, 3.63) is 41.1 Å². The molecule has 1 heterocycles. The molecule has 1 aromatic rings. The van der Waals surface area contributed by atoms with Gasteiger partial charge in [0, 0.05) is 5.75 Å². The van der Waals surface area contributed by atoms with Gasteiger partial charge in [0.2, 0.25) is 0 Å². The van der Waals surface area contributed by atoms with Crippen LogP contribution >= 0.6 is 11.8 Å². The van der Waals surface area contributed by atoms with Crippen molar-refractivity contribution in [2.75, 3.05) is 5.75 Å². The molecule has 1 aromatic heterocycles. The molecule has 0 amide bonds. The molecule has 0 unspecified atom stereocenters. The van der Waals surface area contributed by atoms with Gasteiger partial charge in [-0.15, -0.1) is 5.10 Å². The van der Waals surface area contributed by atoms with Crippen LogP contribution in [0.2, 0.25) is 0 Å². The number of allylic oxidation sites excluding steroid dienone is 5. The number of thioether (sulfide) groups is 1. The molecule has 116 valence electrons. The van der Waals surface area contributed by atoms with Crippen LogP contribution in [0.1, 0.15) is 53.4 Å². The first-order chi connectivity index (χ1) is 10.1. The third-order valence-corrected chi connectivity index (χ3v) is 4.01. The predicted molar refractivity (Wildman–Crippen MR) is 92.5 cm³/mol. The third-order valence-electron chi connectivity index (χ3n) is 3.18. The van der Waals surface area contributed by atoms with E-state index in [0.717, 1.165) is 30.0 Å². The molecule has 3 nitrogen and oxygen atoms in total. The lowest BCUT2D eigenvalue weighted by Crippen LogP contribution is -1.82. The molecule has 0 aliphatic carbocycles. The monoisotopic (exact) mass is 305 g/mol. The van der Waals surface area contributed by atoms with Crippen molar-refractivity contribution in [3.63, 3.8) is 0 Å². The van der Waals surface area contributed by atoms with Crippen molar-refractivity contribution in [1.82, 2.24) is 15.4 Å². The molecule has 0 fully saturated rings. The normalized spacial score (nSPS) is 12.6. The molecule has 0 saturated carbocycles. The quantitative estimate of drug-likeness (QED) is 0.496. The van der Waals surface area contributed by atoms with Crippen molar-refractivity contribution in [1.29, 1.82) is 0 Å². The second-order valence-electron chi connectivity index (χ2n) is 5.58. The van der Waals surface area contributed by atoms with Gasteiger partial charge in [0.1, 0.15) is 5.03 Å². The van der Waals surface area contributed by atoms with E-state index >= 15 is 0 Å². The Morgan fingerprint density at radius 1 is 1.05 bits per heavy atom. The Balaban J connectivity index is 2.19. The average molecular weight is 305 g/mol. The Morgan fingerprint density at radius 3 is 2.33 bits per heavy atom. The summed E-state index contributed by atoms with van der Waals surface area (Å²) in [4.78, 5) is 0. The summed E-state index contributed by atoms with van der Waals surface area (Å²) in [5, 5.41) is 11.3. The number of aromatic amines is 1. The van der Waals surface area contributed by atoms with Gasteiger partial charge in [0.25, 0.3) is 0 Å². The molecule has 1 rings (SSSR count). The molecular weight excluding hydrogens is 278 g/mol. The van der Waals surface area contributed by atoms with Crippen molar-refractivity contribution < 1.29 is 0 Å². The van der Waals surface area contributed by atoms with E-state index in [1.54, 1.807) is 11.8 Å². The number of hydrogen-bond donors (Lipinski definition) is 1. The molecule has 0 aromatic carbocycles. The van der Waals surface area contributed by atoms with E-state index < -0.39 is 0 Å². The molecule has 0 radical (unpaired) electrons. The lowest BCUT2D eigenvalue weighted by Gasteiger charge is -2.01. The maximum Gasteiger partial charge on any atom is 0.138 e. The van der Waals surface area contributed by atoms with E-state index in [1.165, 1.54) is 23.1 Å². The van der Waals surface area contributed by atoms with Gasteiger partial charge in [-0.25, -0.2) is 0 Å². The van der Waals surface area contributed by atoms with Gasteiger partial charge in [-0.2, -0.15) is 0 Å². The molecule has 0 spiro atoms. The summed E-state index contributed by atoms with van der Waals surface area (Å²) < 4.78 is 0. The zero-order chi connectivity index (χ0) is 15.5. The molecule has 1 N–H and O–H groups in total. The highest BCUT2D eigenvalue weighted by molar-refractivity contribution is 7.99. The Labute approximate surface area is 133 Å². The summed E-state index contributed by atoms with van der Waals surface area (Å²) in [5.74, 6) is 0.960. The number of nitrogens with one attached hydrogen (secondary N) is 1. The van der Waals surface area contributed by atoms with Gasteiger partial charge in [-0.3, -0.25) is 5.10 Å². The van der Waals surface area contributed by atoms with Gasteiger partial charge in [0.15, 0.2) is 0 Å². The van der Waals surface area contributed by atoms with E-state index in [2.05, 4.69) is 61.3 Å². The summed E-state index contributed by atoms with van der Waals surface area (Å²) >= 11 is 1.71. The maximum atomic E-state index is 3.95. The summed E-state index contributed by atoms with van der Waals surface area (Å²) in [7, 11) is 0. The van der Waals surface area contributed by atoms with Crippen LogP contribution in [0.15, 0.2) is 46.2 Å². The SMILES string of the molecule is CC(C)=CCCC(C)=CCCC(C)=CCSc1c[nH]nn1. The second-order valence-corrected chi connectivity index (χ2v) is 6.62. The maximum absolute atomic E-state index is 3.95. The minimum atomic E-state index is 0.953. The number of H-pyrrole nitrogens is 1. The Hall–Kier alpha value is -1.29. The van der Waals surface area contributed by atoms with Gasteiger partial charge in [-0.05, 0) is 53.4 Å². The molecule has 0 aliphatic rings. The first kappa shape index (κ1) is 17.8.